The molecule has 336 valence electrons. The van der Waals surface area contributed by atoms with Crippen LogP contribution in [0.5, 0.6) is 0 Å². The SMILES string of the molecule is CC/C=C/C=C/C=C/C=C/C=C/CCCC(=O)OC(COC(=O)CC/C=C/C/C=C/CCCCCCCC)COC(=O)CCCCCCCC/C=C/C/C=C/C/C=C/CC. The summed E-state index contributed by atoms with van der Waals surface area (Å²) in [5.74, 6) is -1.10. The van der Waals surface area contributed by atoms with Gasteiger partial charge < -0.3 is 14.2 Å². The molecular formula is C54H84O6. The Morgan fingerprint density at radius 3 is 1.35 bits per heavy atom. The van der Waals surface area contributed by atoms with E-state index in [0.717, 1.165) is 70.6 Å². The summed E-state index contributed by atoms with van der Waals surface area (Å²) in [5, 5.41) is 0. The predicted molar refractivity (Wildman–Crippen MR) is 256 cm³/mol. The van der Waals surface area contributed by atoms with Gasteiger partial charge >= 0.3 is 17.9 Å². The molecule has 0 saturated carbocycles. The molecule has 0 N–H and O–H groups in total. The van der Waals surface area contributed by atoms with E-state index in [2.05, 4.69) is 81.5 Å². The van der Waals surface area contributed by atoms with E-state index in [1.165, 1.54) is 51.4 Å². The van der Waals surface area contributed by atoms with E-state index in [1.54, 1.807) is 0 Å². The molecule has 1 unspecified atom stereocenters. The second-order valence-electron chi connectivity index (χ2n) is 15.0. The van der Waals surface area contributed by atoms with Gasteiger partial charge in [0.2, 0.25) is 0 Å². The Labute approximate surface area is 367 Å². The van der Waals surface area contributed by atoms with Gasteiger partial charge in [0.05, 0.1) is 0 Å². The van der Waals surface area contributed by atoms with E-state index in [1.807, 2.05) is 60.8 Å². The van der Waals surface area contributed by atoms with Gasteiger partial charge in [0.25, 0.3) is 0 Å². The van der Waals surface area contributed by atoms with Crippen molar-refractivity contribution in [2.24, 2.45) is 0 Å². The van der Waals surface area contributed by atoms with Gasteiger partial charge in [0, 0.05) is 19.3 Å². The number of rotatable bonds is 40. The number of hydrogen-bond donors (Lipinski definition) is 0. The number of unbranched alkanes of at least 4 members (excludes halogenated alkanes) is 13. The first-order chi connectivity index (χ1) is 29.5. The second kappa shape index (κ2) is 47.5. The van der Waals surface area contributed by atoms with Crippen LogP contribution in [-0.4, -0.2) is 37.2 Å². The molecule has 0 heterocycles. The summed E-state index contributed by atoms with van der Waals surface area (Å²) in [6.07, 6.45) is 64.9. The number of carbonyl (C=O) groups excluding carboxylic acids is 3. The third-order valence-electron chi connectivity index (χ3n) is 9.32. The van der Waals surface area contributed by atoms with Crippen molar-refractivity contribution < 1.29 is 28.6 Å². The molecule has 6 nitrogen and oxygen atoms in total. The molecule has 6 heteroatoms. The molecule has 0 aliphatic carbocycles. The molecule has 0 aliphatic heterocycles. The van der Waals surface area contributed by atoms with Gasteiger partial charge in [-0.15, -0.1) is 0 Å². The molecule has 0 aromatic rings. The number of allylic oxidation sites excluding steroid dienone is 20. The summed E-state index contributed by atoms with van der Waals surface area (Å²) in [6.45, 7) is 6.21. The van der Waals surface area contributed by atoms with Crippen LogP contribution < -0.4 is 0 Å². The highest BCUT2D eigenvalue weighted by atomic mass is 16.6. The van der Waals surface area contributed by atoms with E-state index >= 15 is 0 Å². The van der Waals surface area contributed by atoms with Crippen molar-refractivity contribution >= 4 is 17.9 Å². The third kappa shape index (κ3) is 44.9. The van der Waals surface area contributed by atoms with Gasteiger partial charge in [-0.05, 0) is 83.5 Å². The van der Waals surface area contributed by atoms with Gasteiger partial charge in [-0.2, -0.15) is 0 Å². The molecule has 0 saturated heterocycles. The van der Waals surface area contributed by atoms with Crippen molar-refractivity contribution in [2.45, 2.75) is 187 Å². The van der Waals surface area contributed by atoms with Gasteiger partial charge in [-0.3, -0.25) is 14.4 Å². The maximum Gasteiger partial charge on any atom is 0.306 e. The van der Waals surface area contributed by atoms with E-state index in [9.17, 15) is 14.4 Å². The van der Waals surface area contributed by atoms with Gasteiger partial charge in [0.1, 0.15) is 13.2 Å². The van der Waals surface area contributed by atoms with Crippen LogP contribution in [0, 0.1) is 0 Å². The van der Waals surface area contributed by atoms with Gasteiger partial charge in [-0.25, -0.2) is 0 Å². The molecule has 0 fully saturated rings. The standard InChI is InChI=1S/C54H84O6/c1-4-7-10-13-16-19-22-25-26-27-30-32-35-38-41-44-47-53(56)59-50-51(60-54(57)48-45-42-39-36-33-29-24-21-18-15-12-9-6-3)49-58-52(55)46-43-40-37-34-31-28-23-20-17-14-11-8-5-2/h7,9-10,12,15-16,18-19,21,24-26,28-29,31,33,36-37,39-40,51H,4-6,8,11,13-14,17,20,22-23,27,30,32,34-35,38,41-50H2,1-3H3/b10-7+,12-9+,18-15+,19-16+,24-21+,26-25+,31-28+,33-29+,39-36+,40-37+. The van der Waals surface area contributed by atoms with Crippen LogP contribution in [0.2, 0.25) is 0 Å². The fourth-order valence-electron chi connectivity index (χ4n) is 5.83. The predicted octanol–water partition coefficient (Wildman–Crippen LogP) is 15.4. The van der Waals surface area contributed by atoms with Gasteiger partial charge in [-0.1, -0.05) is 200 Å². The molecule has 1 atom stereocenters. The Morgan fingerprint density at radius 2 is 0.783 bits per heavy atom. The van der Waals surface area contributed by atoms with Gasteiger partial charge in [0.15, 0.2) is 6.10 Å². The zero-order valence-electron chi connectivity index (χ0n) is 38.2. The zero-order valence-corrected chi connectivity index (χ0v) is 38.2. The van der Waals surface area contributed by atoms with Crippen molar-refractivity contribution in [2.75, 3.05) is 13.2 Å². The highest BCUT2D eigenvalue weighted by Gasteiger charge is 2.19. The molecule has 0 aromatic heterocycles. The molecule has 0 spiro atoms. The quantitative estimate of drug-likeness (QED) is 0.0201. The second-order valence-corrected chi connectivity index (χ2v) is 15.0. The van der Waals surface area contributed by atoms with Crippen LogP contribution in [-0.2, 0) is 28.6 Å². The monoisotopic (exact) mass is 829 g/mol. The van der Waals surface area contributed by atoms with E-state index < -0.39 is 12.1 Å². The average molecular weight is 829 g/mol. The lowest BCUT2D eigenvalue weighted by atomic mass is 10.1. The zero-order chi connectivity index (χ0) is 43.7. The van der Waals surface area contributed by atoms with Crippen molar-refractivity contribution in [3.05, 3.63) is 122 Å². The van der Waals surface area contributed by atoms with Crippen LogP contribution in [0.4, 0.5) is 0 Å². The maximum absolute atomic E-state index is 12.7. The molecule has 0 rings (SSSR count). The van der Waals surface area contributed by atoms with Crippen LogP contribution in [0.15, 0.2) is 122 Å². The Morgan fingerprint density at radius 1 is 0.367 bits per heavy atom. The molecule has 60 heavy (non-hydrogen) atoms. The molecular weight excluding hydrogens is 745 g/mol. The topological polar surface area (TPSA) is 78.9 Å². The highest BCUT2D eigenvalue weighted by Crippen LogP contribution is 2.11. The van der Waals surface area contributed by atoms with Crippen LogP contribution in [0.3, 0.4) is 0 Å². The number of carbonyl (C=O) groups is 3. The van der Waals surface area contributed by atoms with E-state index in [4.69, 9.17) is 14.2 Å². The maximum atomic E-state index is 12.7. The lowest BCUT2D eigenvalue weighted by Gasteiger charge is -2.18. The average Bonchev–Trinajstić information content (AvgIpc) is 3.24. The fourth-order valence-corrected chi connectivity index (χ4v) is 5.83. The minimum absolute atomic E-state index is 0.135. The highest BCUT2D eigenvalue weighted by molar-refractivity contribution is 5.71. The summed E-state index contributed by atoms with van der Waals surface area (Å²) in [6, 6.07) is 0. The Balaban J connectivity index is 4.59. The first-order valence-corrected chi connectivity index (χ1v) is 23.6. The first kappa shape index (κ1) is 55.8. The lowest BCUT2D eigenvalue weighted by molar-refractivity contribution is -0.166. The molecule has 0 bridgehead atoms. The molecule has 0 aliphatic rings. The van der Waals surface area contributed by atoms with Crippen molar-refractivity contribution in [3.63, 3.8) is 0 Å². The summed E-state index contributed by atoms with van der Waals surface area (Å²) in [4.78, 5) is 37.8. The van der Waals surface area contributed by atoms with Crippen molar-refractivity contribution in [1.82, 2.24) is 0 Å². The number of hydrogen-bond acceptors (Lipinski definition) is 6. The van der Waals surface area contributed by atoms with E-state index in [-0.39, 0.29) is 38.0 Å². The van der Waals surface area contributed by atoms with E-state index in [0.29, 0.717) is 25.7 Å². The molecule has 0 amide bonds. The minimum atomic E-state index is -0.845. The smallest absolute Gasteiger partial charge is 0.306 e. The summed E-state index contributed by atoms with van der Waals surface area (Å²) >= 11 is 0. The number of esters is 3. The van der Waals surface area contributed by atoms with Crippen molar-refractivity contribution in [3.8, 4) is 0 Å². The minimum Gasteiger partial charge on any atom is -0.462 e. The van der Waals surface area contributed by atoms with Crippen LogP contribution in [0.25, 0.3) is 0 Å². The third-order valence-corrected chi connectivity index (χ3v) is 9.32. The van der Waals surface area contributed by atoms with Crippen LogP contribution >= 0.6 is 0 Å². The largest absolute Gasteiger partial charge is 0.462 e. The summed E-state index contributed by atoms with van der Waals surface area (Å²) in [5.41, 5.74) is 0. The Hall–Kier alpha value is -4.19. The Kier molecular flexibility index (Phi) is 44.2. The normalized spacial score (nSPS) is 13.2. The summed E-state index contributed by atoms with van der Waals surface area (Å²) < 4.78 is 16.6. The molecule has 0 radical (unpaired) electrons. The Bertz CT molecular complexity index is 1320. The molecule has 0 aromatic carbocycles. The van der Waals surface area contributed by atoms with Crippen LogP contribution in [0.1, 0.15) is 181 Å². The number of ether oxygens (including phenoxy) is 3. The lowest BCUT2D eigenvalue weighted by Crippen LogP contribution is -2.30. The van der Waals surface area contributed by atoms with Crippen molar-refractivity contribution in [1.29, 1.82) is 0 Å². The summed E-state index contributed by atoms with van der Waals surface area (Å²) in [7, 11) is 0. The fraction of sp³-hybridized carbons (Fsp3) is 0.574. The first-order valence-electron chi connectivity index (χ1n) is 23.6.